The van der Waals surface area contributed by atoms with Crippen molar-refractivity contribution in [2.24, 2.45) is 0 Å². The summed E-state index contributed by atoms with van der Waals surface area (Å²) in [4.78, 5) is 4.81. The Labute approximate surface area is 150 Å². The van der Waals surface area contributed by atoms with Crippen molar-refractivity contribution in [2.75, 3.05) is 0 Å². The van der Waals surface area contributed by atoms with Gasteiger partial charge >= 0.3 is 0 Å². The van der Waals surface area contributed by atoms with Crippen molar-refractivity contribution in [3.05, 3.63) is 88.4 Å². The molecule has 1 aromatic heterocycles. The van der Waals surface area contributed by atoms with Crippen molar-refractivity contribution in [3.8, 4) is 11.4 Å². The maximum atomic E-state index is 6.14. The summed E-state index contributed by atoms with van der Waals surface area (Å²) in [5.74, 6) is 0.933. The highest BCUT2D eigenvalue weighted by Crippen LogP contribution is 2.27. The molecular weight excluding hydrogens is 339 g/mol. The lowest BCUT2D eigenvalue weighted by Crippen LogP contribution is -2.02. The van der Waals surface area contributed by atoms with Gasteiger partial charge in [-0.15, -0.1) is 0 Å². The van der Waals surface area contributed by atoms with Crippen molar-refractivity contribution in [3.63, 3.8) is 0 Å². The summed E-state index contributed by atoms with van der Waals surface area (Å²) in [6.45, 7) is 0.722. The van der Waals surface area contributed by atoms with Crippen LogP contribution in [-0.2, 0) is 6.54 Å². The van der Waals surface area contributed by atoms with Crippen molar-refractivity contribution in [1.82, 2.24) is 9.55 Å². The number of fused-ring (bicyclic) bond motifs is 1. The Bertz CT molecular complexity index is 990. The first-order chi connectivity index (χ1) is 11.7. The Morgan fingerprint density at radius 3 is 2.25 bits per heavy atom. The molecule has 0 saturated carbocycles. The smallest absolute Gasteiger partial charge is 0.141 e. The van der Waals surface area contributed by atoms with Crippen LogP contribution in [0.5, 0.6) is 0 Å². The van der Waals surface area contributed by atoms with E-state index in [-0.39, 0.29) is 0 Å². The van der Waals surface area contributed by atoms with Gasteiger partial charge in [-0.2, -0.15) is 0 Å². The molecule has 2 nitrogen and oxygen atoms in total. The summed E-state index contributed by atoms with van der Waals surface area (Å²) in [6, 6.07) is 23.9. The molecule has 0 N–H and O–H groups in total. The van der Waals surface area contributed by atoms with E-state index in [1.54, 1.807) is 0 Å². The second-order valence-electron chi connectivity index (χ2n) is 5.65. The molecule has 0 spiro atoms. The molecule has 0 aliphatic rings. The number of hydrogen-bond acceptors (Lipinski definition) is 1. The lowest BCUT2D eigenvalue weighted by Gasteiger charge is -2.10. The van der Waals surface area contributed by atoms with Crippen LogP contribution >= 0.6 is 23.2 Å². The molecular formula is C20H14Cl2N2. The molecule has 0 bridgehead atoms. The largest absolute Gasteiger partial charge is 0.319 e. The Morgan fingerprint density at radius 1 is 0.792 bits per heavy atom. The molecule has 0 radical (unpaired) electrons. The second-order valence-corrected chi connectivity index (χ2v) is 6.52. The molecule has 4 rings (SSSR count). The zero-order valence-corrected chi connectivity index (χ0v) is 14.3. The summed E-state index contributed by atoms with van der Waals surface area (Å²) in [6.07, 6.45) is 0. The van der Waals surface area contributed by atoms with Gasteiger partial charge in [0.25, 0.3) is 0 Å². The van der Waals surface area contributed by atoms with E-state index in [1.807, 2.05) is 60.7 Å². The average molecular weight is 353 g/mol. The normalized spacial score (nSPS) is 11.1. The van der Waals surface area contributed by atoms with Gasteiger partial charge < -0.3 is 4.57 Å². The van der Waals surface area contributed by atoms with Crippen LogP contribution in [0.25, 0.3) is 22.4 Å². The van der Waals surface area contributed by atoms with Gasteiger partial charge in [-0.3, -0.25) is 0 Å². The van der Waals surface area contributed by atoms with E-state index < -0.39 is 0 Å². The van der Waals surface area contributed by atoms with Crippen LogP contribution in [0.1, 0.15) is 5.56 Å². The predicted octanol–water partition coefficient (Wildman–Crippen LogP) is 6.06. The van der Waals surface area contributed by atoms with E-state index >= 15 is 0 Å². The second kappa shape index (κ2) is 6.31. The van der Waals surface area contributed by atoms with Crippen LogP contribution in [0.3, 0.4) is 0 Å². The van der Waals surface area contributed by atoms with E-state index in [1.165, 1.54) is 5.56 Å². The summed E-state index contributed by atoms with van der Waals surface area (Å²) >= 11 is 12.1. The predicted molar refractivity (Wildman–Crippen MR) is 101 cm³/mol. The molecule has 0 saturated heterocycles. The molecule has 1 heterocycles. The summed E-state index contributed by atoms with van der Waals surface area (Å²) in [5.41, 5.74) is 4.22. The number of imidazole rings is 1. The van der Waals surface area contributed by atoms with Crippen LogP contribution < -0.4 is 0 Å². The first kappa shape index (κ1) is 15.3. The highest BCUT2D eigenvalue weighted by atomic mass is 35.5. The zero-order chi connectivity index (χ0) is 16.5. The van der Waals surface area contributed by atoms with Crippen LogP contribution in [0.15, 0.2) is 72.8 Å². The van der Waals surface area contributed by atoms with Gasteiger partial charge in [0.2, 0.25) is 0 Å². The Hall–Kier alpha value is -2.29. The van der Waals surface area contributed by atoms with Crippen molar-refractivity contribution < 1.29 is 0 Å². The molecule has 0 aliphatic heterocycles. The molecule has 0 fully saturated rings. The quantitative estimate of drug-likeness (QED) is 0.438. The molecule has 0 amide bonds. The molecule has 4 aromatic rings. The Morgan fingerprint density at radius 2 is 1.50 bits per heavy atom. The van der Waals surface area contributed by atoms with Gasteiger partial charge in [0.05, 0.1) is 11.0 Å². The highest BCUT2D eigenvalue weighted by Gasteiger charge is 2.13. The van der Waals surface area contributed by atoms with Gasteiger partial charge in [0, 0.05) is 22.2 Å². The molecule has 0 aliphatic carbocycles. The van der Waals surface area contributed by atoms with Gasteiger partial charge in [0.1, 0.15) is 5.82 Å². The molecule has 4 heteroatoms. The van der Waals surface area contributed by atoms with Gasteiger partial charge in [-0.1, -0.05) is 65.7 Å². The Balaban J connectivity index is 1.89. The first-order valence-electron chi connectivity index (χ1n) is 7.66. The highest BCUT2D eigenvalue weighted by molar-refractivity contribution is 6.31. The zero-order valence-electron chi connectivity index (χ0n) is 12.8. The fourth-order valence-corrected chi connectivity index (χ4v) is 3.14. The average Bonchev–Trinajstić information content (AvgIpc) is 2.95. The summed E-state index contributed by atoms with van der Waals surface area (Å²) in [5, 5.41) is 1.43. The fourth-order valence-electron chi connectivity index (χ4n) is 2.84. The van der Waals surface area contributed by atoms with Crippen LogP contribution in [0.4, 0.5) is 0 Å². The number of nitrogens with zero attached hydrogens (tertiary/aromatic N) is 2. The number of aromatic nitrogens is 2. The third kappa shape index (κ3) is 2.91. The Kier molecular flexibility index (Phi) is 4.01. The van der Waals surface area contributed by atoms with Crippen molar-refractivity contribution in [1.29, 1.82) is 0 Å². The van der Waals surface area contributed by atoms with Gasteiger partial charge in [0.15, 0.2) is 0 Å². The van der Waals surface area contributed by atoms with Crippen LogP contribution in [0.2, 0.25) is 10.0 Å². The monoisotopic (exact) mass is 352 g/mol. The lowest BCUT2D eigenvalue weighted by molar-refractivity contribution is 0.834. The van der Waals surface area contributed by atoms with E-state index in [4.69, 9.17) is 28.2 Å². The fraction of sp³-hybridized carbons (Fsp3) is 0.0500. The SMILES string of the molecule is Clc1ccc(Cn2c(-c3ccccc3)nc3cc(Cl)ccc32)cc1. The maximum absolute atomic E-state index is 6.14. The van der Waals surface area contributed by atoms with Crippen LogP contribution in [0, 0.1) is 0 Å². The lowest BCUT2D eigenvalue weighted by atomic mass is 10.2. The standard InChI is InChI=1S/C20H14Cl2N2/c21-16-8-6-14(7-9-16)13-24-19-11-10-17(22)12-18(19)23-20(24)15-4-2-1-3-5-15/h1-12H,13H2. The third-order valence-electron chi connectivity index (χ3n) is 4.00. The van der Waals surface area contributed by atoms with Gasteiger partial charge in [-0.25, -0.2) is 4.98 Å². The van der Waals surface area contributed by atoms with E-state index in [9.17, 15) is 0 Å². The number of hydrogen-bond donors (Lipinski definition) is 0. The van der Waals surface area contributed by atoms with Crippen LogP contribution in [-0.4, -0.2) is 9.55 Å². The number of halogens is 2. The molecule has 118 valence electrons. The number of benzene rings is 3. The van der Waals surface area contributed by atoms with Gasteiger partial charge in [-0.05, 0) is 35.9 Å². The van der Waals surface area contributed by atoms with E-state index in [2.05, 4.69) is 16.7 Å². The first-order valence-corrected chi connectivity index (χ1v) is 8.42. The number of rotatable bonds is 3. The minimum Gasteiger partial charge on any atom is -0.319 e. The molecule has 0 unspecified atom stereocenters. The summed E-state index contributed by atoms with van der Waals surface area (Å²) in [7, 11) is 0. The topological polar surface area (TPSA) is 17.8 Å². The molecule has 24 heavy (non-hydrogen) atoms. The van der Waals surface area contributed by atoms with E-state index in [0.29, 0.717) is 5.02 Å². The minimum absolute atomic E-state index is 0.693. The molecule has 3 aromatic carbocycles. The van der Waals surface area contributed by atoms with Crippen molar-refractivity contribution in [2.45, 2.75) is 6.54 Å². The molecule has 0 atom stereocenters. The maximum Gasteiger partial charge on any atom is 0.141 e. The summed E-state index contributed by atoms with van der Waals surface area (Å²) < 4.78 is 2.21. The van der Waals surface area contributed by atoms with Crippen molar-refractivity contribution >= 4 is 34.2 Å². The van der Waals surface area contributed by atoms with E-state index in [0.717, 1.165) is 34.0 Å². The third-order valence-corrected chi connectivity index (χ3v) is 4.48. The minimum atomic E-state index is 0.693.